The van der Waals surface area contributed by atoms with E-state index in [9.17, 15) is 4.79 Å². The molecule has 29 heavy (non-hydrogen) atoms. The lowest BCUT2D eigenvalue weighted by Gasteiger charge is -2.43. The molecule has 2 aliphatic heterocycles. The van der Waals surface area contributed by atoms with Crippen LogP contribution in [-0.4, -0.2) is 40.7 Å². The van der Waals surface area contributed by atoms with Gasteiger partial charge in [-0.1, -0.05) is 36.4 Å². The number of carbonyl (C=O) groups is 1. The zero-order valence-electron chi connectivity index (χ0n) is 16.5. The second-order valence-corrected chi connectivity index (χ2v) is 8.00. The van der Waals surface area contributed by atoms with Gasteiger partial charge in [-0.05, 0) is 48.7 Å². The summed E-state index contributed by atoms with van der Waals surface area (Å²) < 4.78 is 2.17. The average molecular weight is 386 g/mol. The number of piperidine rings is 1. The summed E-state index contributed by atoms with van der Waals surface area (Å²) in [6.45, 7) is 3.37. The van der Waals surface area contributed by atoms with Crippen LogP contribution in [0.2, 0.25) is 0 Å². The van der Waals surface area contributed by atoms with Gasteiger partial charge in [-0.25, -0.2) is 0 Å². The van der Waals surface area contributed by atoms with Crippen LogP contribution in [0.25, 0.3) is 5.69 Å². The molecule has 0 aliphatic carbocycles. The van der Waals surface area contributed by atoms with Crippen LogP contribution < -0.4 is 10.2 Å². The fourth-order valence-corrected chi connectivity index (χ4v) is 4.67. The van der Waals surface area contributed by atoms with E-state index in [1.807, 2.05) is 24.3 Å². The number of aromatic nitrogens is 1. The Balaban J connectivity index is 1.27. The van der Waals surface area contributed by atoms with Gasteiger partial charge in [0, 0.05) is 43.4 Å². The van der Waals surface area contributed by atoms with Crippen molar-refractivity contribution in [1.82, 2.24) is 14.8 Å². The molecule has 0 saturated carbocycles. The molecule has 2 fully saturated rings. The molecular weight excluding hydrogens is 360 g/mol. The van der Waals surface area contributed by atoms with Gasteiger partial charge in [-0.3, -0.25) is 9.69 Å². The molecule has 1 spiro atoms. The Morgan fingerprint density at radius 2 is 1.52 bits per heavy atom. The number of para-hydroxylation sites is 2. The first-order valence-electron chi connectivity index (χ1n) is 10.3. The molecule has 5 heteroatoms. The Labute approximate surface area is 171 Å². The number of likely N-dealkylation sites (tertiary alicyclic amines) is 1. The topological polar surface area (TPSA) is 40.5 Å². The van der Waals surface area contributed by atoms with E-state index in [1.54, 1.807) is 0 Å². The van der Waals surface area contributed by atoms with E-state index in [-0.39, 0.29) is 5.91 Å². The molecule has 5 rings (SSSR count). The van der Waals surface area contributed by atoms with Gasteiger partial charge >= 0.3 is 0 Å². The number of anilines is 1. The van der Waals surface area contributed by atoms with Crippen molar-refractivity contribution in [2.75, 3.05) is 24.7 Å². The van der Waals surface area contributed by atoms with E-state index in [2.05, 4.69) is 74.5 Å². The zero-order valence-corrected chi connectivity index (χ0v) is 16.5. The fourth-order valence-electron chi connectivity index (χ4n) is 4.67. The van der Waals surface area contributed by atoms with Gasteiger partial charge in [0.25, 0.3) is 0 Å². The fraction of sp³-hybridized carbons (Fsp3) is 0.292. The number of nitrogens with one attached hydrogen (secondary N) is 1. The summed E-state index contributed by atoms with van der Waals surface area (Å²) in [6, 6.07) is 22.9. The maximum Gasteiger partial charge on any atom is 0.247 e. The van der Waals surface area contributed by atoms with Crippen LogP contribution in [0.15, 0.2) is 79.1 Å². The second-order valence-electron chi connectivity index (χ2n) is 8.00. The molecule has 1 N–H and O–H groups in total. The van der Waals surface area contributed by atoms with Crippen LogP contribution in [-0.2, 0) is 11.3 Å². The molecule has 148 valence electrons. The summed E-state index contributed by atoms with van der Waals surface area (Å²) in [6.07, 6.45) is 6.04. The minimum Gasteiger partial charge on any atom is -0.339 e. The smallest absolute Gasteiger partial charge is 0.247 e. The minimum absolute atomic E-state index is 0.177. The Bertz CT molecular complexity index is 974. The van der Waals surface area contributed by atoms with E-state index >= 15 is 0 Å². The van der Waals surface area contributed by atoms with Gasteiger partial charge in [0.05, 0.1) is 6.67 Å². The maximum absolute atomic E-state index is 12.8. The number of nitrogens with zero attached hydrogens (tertiary/aromatic N) is 3. The van der Waals surface area contributed by atoms with Crippen molar-refractivity contribution in [3.8, 4) is 5.69 Å². The first-order valence-corrected chi connectivity index (χ1v) is 10.3. The predicted molar refractivity (Wildman–Crippen MR) is 115 cm³/mol. The number of carbonyl (C=O) groups excluding carboxylic acids is 1. The van der Waals surface area contributed by atoms with E-state index in [4.69, 9.17) is 0 Å². The Morgan fingerprint density at radius 3 is 2.21 bits per heavy atom. The highest BCUT2D eigenvalue weighted by molar-refractivity contribution is 5.93. The molecule has 3 aromatic rings. The summed E-state index contributed by atoms with van der Waals surface area (Å²) in [4.78, 5) is 17.5. The van der Waals surface area contributed by atoms with E-state index in [1.165, 1.54) is 11.3 Å². The van der Waals surface area contributed by atoms with E-state index in [0.717, 1.165) is 38.2 Å². The van der Waals surface area contributed by atoms with Gasteiger partial charge in [-0.15, -0.1) is 0 Å². The molecule has 2 saturated heterocycles. The Kier molecular flexibility index (Phi) is 4.60. The van der Waals surface area contributed by atoms with E-state index < -0.39 is 5.54 Å². The predicted octanol–water partition coefficient (Wildman–Crippen LogP) is 3.41. The third-order valence-electron chi connectivity index (χ3n) is 6.30. The van der Waals surface area contributed by atoms with Crippen molar-refractivity contribution < 1.29 is 4.79 Å². The molecule has 0 bridgehead atoms. The lowest BCUT2D eigenvalue weighted by Crippen LogP contribution is -2.56. The highest BCUT2D eigenvalue weighted by Gasteiger charge is 2.50. The van der Waals surface area contributed by atoms with Crippen LogP contribution in [0.3, 0.4) is 0 Å². The van der Waals surface area contributed by atoms with Crippen molar-refractivity contribution in [3.63, 3.8) is 0 Å². The third kappa shape index (κ3) is 3.32. The van der Waals surface area contributed by atoms with Crippen molar-refractivity contribution in [2.24, 2.45) is 0 Å². The Hall–Kier alpha value is -3.05. The quantitative estimate of drug-likeness (QED) is 0.747. The van der Waals surface area contributed by atoms with Crippen molar-refractivity contribution in [1.29, 1.82) is 0 Å². The molecular formula is C24H26N4O. The molecule has 1 amide bonds. The average Bonchev–Trinajstić information content (AvgIpc) is 3.36. The number of hydrogen-bond donors (Lipinski definition) is 1. The van der Waals surface area contributed by atoms with Crippen LogP contribution in [0.1, 0.15) is 18.4 Å². The molecule has 0 radical (unpaired) electrons. The summed E-state index contributed by atoms with van der Waals surface area (Å²) in [5.41, 5.74) is 3.20. The summed E-state index contributed by atoms with van der Waals surface area (Å²) in [5.74, 6) is 0.177. The first kappa shape index (κ1) is 18.0. The van der Waals surface area contributed by atoms with Crippen LogP contribution in [0, 0.1) is 0 Å². The monoisotopic (exact) mass is 386 g/mol. The van der Waals surface area contributed by atoms with Crippen LogP contribution >= 0.6 is 0 Å². The maximum atomic E-state index is 12.8. The number of rotatable bonds is 4. The van der Waals surface area contributed by atoms with Crippen LogP contribution in [0.4, 0.5) is 5.69 Å². The Morgan fingerprint density at radius 1 is 0.862 bits per heavy atom. The molecule has 1 aromatic heterocycles. The van der Waals surface area contributed by atoms with Crippen LogP contribution in [0.5, 0.6) is 0 Å². The summed E-state index contributed by atoms with van der Waals surface area (Å²) in [7, 11) is 0. The lowest BCUT2D eigenvalue weighted by molar-refractivity contribution is -0.125. The first-order chi connectivity index (χ1) is 14.2. The van der Waals surface area contributed by atoms with Crippen molar-refractivity contribution in [3.05, 3.63) is 84.7 Å². The molecule has 2 aromatic carbocycles. The normalized spacial score (nSPS) is 18.9. The highest BCUT2D eigenvalue weighted by atomic mass is 16.2. The summed E-state index contributed by atoms with van der Waals surface area (Å²) in [5, 5.41) is 3.08. The lowest BCUT2D eigenvalue weighted by atomic mass is 9.85. The minimum atomic E-state index is -0.409. The van der Waals surface area contributed by atoms with Crippen molar-refractivity contribution >= 4 is 11.6 Å². The number of amides is 1. The van der Waals surface area contributed by atoms with Crippen molar-refractivity contribution in [2.45, 2.75) is 24.9 Å². The molecule has 0 unspecified atom stereocenters. The molecule has 3 heterocycles. The van der Waals surface area contributed by atoms with Gasteiger partial charge in [-0.2, -0.15) is 0 Å². The molecule has 5 nitrogen and oxygen atoms in total. The largest absolute Gasteiger partial charge is 0.339 e. The number of hydrogen-bond acceptors (Lipinski definition) is 3. The summed E-state index contributed by atoms with van der Waals surface area (Å²) >= 11 is 0. The van der Waals surface area contributed by atoms with Gasteiger partial charge < -0.3 is 14.8 Å². The van der Waals surface area contributed by atoms with Gasteiger partial charge in [0.2, 0.25) is 5.91 Å². The standard InChI is InChI=1S/C24H26N4O/c29-23-24(28(19-25-23)22-9-5-2-6-10-22)12-15-26(16-13-24)17-20-11-14-27(18-20)21-7-3-1-4-8-21/h1-11,14,18H,12-13,15-17,19H2,(H,25,29). The number of benzene rings is 2. The SMILES string of the molecule is O=C1NCN(c2ccccc2)C12CCN(Cc1ccn(-c3ccccc3)c1)CC2. The zero-order chi connectivity index (χ0) is 19.7. The van der Waals surface area contributed by atoms with Gasteiger partial charge in [0.1, 0.15) is 5.54 Å². The van der Waals surface area contributed by atoms with Gasteiger partial charge in [0.15, 0.2) is 0 Å². The van der Waals surface area contributed by atoms with E-state index in [0.29, 0.717) is 6.67 Å². The highest BCUT2D eigenvalue weighted by Crippen LogP contribution is 2.36. The third-order valence-corrected chi connectivity index (χ3v) is 6.30. The molecule has 2 aliphatic rings. The second kappa shape index (κ2) is 7.41. The molecule has 0 atom stereocenters.